The molecule has 0 aliphatic carbocycles. The zero-order valence-electron chi connectivity index (χ0n) is 8.97. The van der Waals surface area contributed by atoms with E-state index in [1.54, 1.807) is 6.92 Å². The van der Waals surface area contributed by atoms with E-state index in [2.05, 4.69) is 4.18 Å². The molecule has 0 heterocycles. The average Bonchev–Trinajstić information content (AvgIpc) is 2.14. The molecule has 7 heteroatoms. The maximum atomic E-state index is 11.3. The lowest BCUT2D eigenvalue weighted by Crippen LogP contribution is -2.39. The summed E-state index contributed by atoms with van der Waals surface area (Å²) in [4.78, 5) is 11.3. The SMILES string of the molecule is CC[C@H](C)[C@H](N)C(=O)OS(=O)(=O)CCN. The molecular formula is C8H18N2O4S. The van der Waals surface area contributed by atoms with Crippen LogP contribution in [-0.4, -0.2) is 32.7 Å². The second-order valence-electron chi connectivity index (χ2n) is 3.36. The molecular weight excluding hydrogens is 220 g/mol. The first kappa shape index (κ1) is 14.3. The van der Waals surface area contributed by atoms with Crippen molar-refractivity contribution in [1.29, 1.82) is 0 Å². The second-order valence-corrected chi connectivity index (χ2v) is 5.05. The normalized spacial score (nSPS) is 15.7. The van der Waals surface area contributed by atoms with Crippen LogP contribution in [0.4, 0.5) is 0 Å². The van der Waals surface area contributed by atoms with Crippen LogP contribution in [0.2, 0.25) is 0 Å². The van der Waals surface area contributed by atoms with Crippen LogP contribution in [0.25, 0.3) is 0 Å². The van der Waals surface area contributed by atoms with E-state index in [1.165, 1.54) is 0 Å². The first-order chi connectivity index (χ1) is 6.84. The molecule has 0 aromatic heterocycles. The van der Waals surface area contributed by atoms with Gasteiger partial charge in [0, 0.05) is 6.54 Å². The molecule has 0 fully saturated rings. The second kappa shape index (κ2) is 6.04. The summed E-state index contributed by atoms with van der Waals surface area (Å²) >= 11 is 0. The van der Waals surface area contributed by atoms with E-state index in [0.717, 1.165) is 0 Å². The Morgan fingerprint density at radius 3 is 2.40 bits per heavy atom. The summed E-state index contributed by atoms with van der Waals surface area (Å²) in [5.41, 5.74) is 10.6. The molecule has 90 valence electrons. The molecule has 0 aromatic carbocycles. The van der Waals surface area contributed by atoms with Gasteiger partial charge in [-0.05, 0) is 5.92 Å². The zero-order valence-corrected chi connectivity index (χ0v) is 9.79. The molecule has 0 amide bonds. The van der Waals surface area contributed by atoms with Gasteiger partial charge in [-0.3, -0.25) is 0 Å². The van der Waals surface area contributed by atoms with Crippen LogP contribution in [0.5, 0.6) is 0 Å². The lowest BCUT2D eigenvalue weighted by atomic mass is 10.0. The Balaban J connectivity index is 4.37. The third-order valence-electron chi connectivity index (χ3n) is 2.11. The number of carbonyl (C=O) groups is 1. The molecule has 0 bridgehead atoms. The van der Waals surface area contributed by atoms with Gasteiger partial charge in [0.25, 0.3) is 0 Å². The fourth-order valence-corrected chi connectivity index (χ4v) is 1.59. The van der Waals surface area contributed by atoms with Crippen molar-refractivity contribution in [3.8, 4) is 0 Å². The molecule has 6 nitrogen and oxygen atoms in total. The molecule has 15 heavy (non-hydrogen) atoms. The lowest BCUT2D eigenvalue weighted by molar-refractivity contribution is -0.136. The van der Waals surface area contributed by atoms with Gasteiger partial charge in [0.1, 0.15) is 6.04 Å². The van der Waals surface area contributed by atoms with Crippen LogP contribution in [0.3, 0.4) is 0 Å². The van der Waals surface area contributed by atoms with Gasteiger partial charge in [0.05, 0.1) is 5.75 Å². The molecule has 0 radical (unpaired) electrons. The van der Waals surface area contributed by atoms with Gasteiger partial charge in [0.15, 0.2) is 0 Å². The number of nitrogens with two attached hydrogens (primary N) is 2. The summed E-state index contributed by atoms with van der Waals surface area (Å²) in [5.74, 6) is -1.42. The van der Waals surface area contributed by atoms with E-state index >= 15 is 0 Å². The van der Waals surface area contributed by atoms with Crippen LogP contribution < -0.4 is 11.5 Å². The Morgan fingerprint density at radius 2 is 2.00 bits per heavy atom. The number of rotatable bonds is 6. The van der Waals surface area contributed by atoms with Crippen LogP contribution in [0, 0.1) is 5.92 Å². The van der Waals surface area contributed by atoms with Crippen LogP contribution in [-0.2, 0) is 19.1 Å². The van der Waals surface area contributed by atoms with Crippen molar-refractivity contribution in [3.63, 3.8) is 0 Å². The average molecular weight is 238 g/mol. The van der Waals surface area contributed by atoms with Gasteiger partial charge in [-0.1, -0.05) is 20.3 Å². The summed E-state index contributed by atoms with van der Waals surface area (Å²) in [7, 11) is -3.87. The van der Waals surface area contributed by atoms with Crippen molar-refractivity contribution in [1.82, 2.24) is 0 Å². The fraction of sp³-hybridized carbons (Fsp3) is 0.875. The summed E-state index contributed by atoms with van der Waals surface area (Å²) in [5, 5.41) is 0. The molecule has 0 spiro atoms. The minimum atomic E-state index is -3.87. The van der Waals surface area contributed by atoms with Gasteiger partial charge >= 0.3 is 16.1 Å². The summed E-state index contributed by atoms with van der Waals surface area (Å²) < 4.78 is 26.4. The molecule has 0 unspecified atom stereocenters. The van der Waals surface area contributed by atoms with Gasteiger partial charge in [-0.15, -0.1) is 0 Å². The maximum absolute atomic E-state index is 11.3. The van der Waals surface area contributed by atoms with Crippen molar-refractivity contribution in [2.24, 2.45) is 17.4 Å². The Bertz CT molecular complexity index is 302. The number of carbonyl (C=O) groups excluding carboxylic acids is 1. The smallest absolute Gasteiger partial charge is 0.339 e. The van der Waals surface area contributed by atoms with E-state index in [1.807, 2.05) is 6.92 Å². The zero-order chi connectivity index (χ0) is 12.1. The largest absolute Gasteiger partial charge is 0.344 e. The lowest BCUT2D eigenvalue weighted by Gasteiger charge is -2.16. The molecule has 0 aliphatic heterocycles. The highest BCUT2D eigenvalue weighted by Crippen LogP contribution is 2.08. The van der Waals surface area contributed by atoms with Crippen molar-refractivity contribution in [3.05, 3.63) is 0 Å². The van der Waals surface area contributed by atoms with Crippen LogP contribution >= 0.6 is 0 Å². The number of hydrogen-bond donors (Lipinski definition) is 2. The fourth-order valence-electron chi connectivity index (χ4n) is 0.853. The van der Waals surface area contributed by atoms with E-state index < -0.39 is 22.1 Å². The Morgan fingerprint density at radius 1 is 1.47 bits per heavy atom. The van der Waals surface area contributed by atoms with Crippen molar-refractivity contribution in [2.75, 3.05) is 12.3 Å². The maximum Gasteiger partial charge on any atom is 0.339 e. The first-order valence-corrected chi connectivity index (χ1v) is 6.33. The number of hydrogen-bond acceptors (Lipinski definition) is 6. The van der Waals surface area contributed by atoms with Crippen molar-refractivity contribution < 1.29 is 17.4 Å². The predicted octanol–water partition coefficient (Wildman–Crippen LogP) is -0.808. The van der Waals surface area contributed by atoms with E-state index in [9.17, 15) is 13.2 Å². The quantitative estimate of drug-likeness (QED) is 0.585. The van der Waals surface area contributed by atoms with Gasteiger partial charge in [-0.2, -0.15) is 8.42 Å². The monoisotopic (exact) mass is 238 g/mol. The van der Waals surface area contributed by atoms with Crippen LogP contribution in [0.1, 0.15) is 20.3 Å². The molecule has 4 N–H and O–H groups in total. The highest BCUT2D eigenvalue weighted by Gasteiger charge is 2.25. The van der Waals surface area contributed by atoms with Crippen molar-refractivity contribution >= 4 is 16.1 Å². The van der Waals surface area contributed by atoms with Gasteiger partial charge in [-0.25, -0.2) is 4.79 Å². The molecule has 0 saturated carbocycles. The van der Waals surface area contributed by atoms with Crippen molar-refractivity contribution in [2.45, 2.75) is 26.3 Å². The molecule has 0 rings (SSSR count). The van der Waals surface area contributed by atoms with E-state index in [0.29, 0.717) is 6.42 Å². The summed E-state index contributed by atoms with van der Waals surface area (Å²) in [6.45, 7) is 3.52. The van der Waals surface area contributed by atoms with E-state index in [-0.39, 0.29) is 18.2 Å². The molecule has 2 atom stereocenters. The third-order valence-corrected chi connectivity index (χ3v) is 3.26. The summed E-state index contributed by atoms with van der Waals surface area (Å²) in [6.07, 6.45) is 0.674. The third kappa shape index (κ3) is 5.10. The Kier molecular flexibility index (Phi) is 5.77. The molecule has 0 saturated heterocycles. The van der Waals surface area contributed by atoms with Crippen LogP contribution in [0.15, 0.2) is 0 Å². The Hall–Kier alpha value is -0.660. The minimum Gasteiger partial charge on any atom is -0.344 e. The Labute approximate surface area is 90.1 Å². The molecule has 0 aliphatic rings. The highest BCUT2D eigenvalue weighted by molar-refractivity contribution is 7.87. The topological polar surface area (TPSA) is 112 Å². The van der Waals surface area contributed by atoms with Gasteiger partial charge in [0.2, 0.25) is 0 Å². The molecule has 0 aromatic rings. The minimum absolute atomic E-state index is 0.0891. The first-order valence-electron chi connectivity index (χ1n) is 4.75. The standard InChI is InChI=1S/C8H18N2O4S/c1-3-6(2)7(10)8(11)14-15(12,13)5-4-9/h6-7H,3-5,9-10H2,1-2H3/t6-,7-/m0/s1. The predicted molar refractivity (Wildman–Crippen MR) is 56.4 cm³/mol. The van der Waals surface area contributed by atoms with E-state index in [4.69, 9.17) is 11.5 Å². The summed E-state index contributed by atoms with van der Waals surface area (Å²) in [6, 6.07) is -0.914. The highest BCUT2D eigenvalue weighted by atomic mass is 32.2. The van der Waals surface area contributed by atoms with Gasteiger partial charge < -0.3 is 15.7 Å².